The number of carbonyl (C=O) groups excluding carboxylic acids is 1. The smallest absolute Gasteiger partial charge is 0.316 e. The van der Waals surface area contributed by atoms with Gasteiger partial charge in [-0.2, -0.15) is 0 Å². The molecule has 0 saturated carbocycles. The number of carbonyl (C=O) groups is 1. The molecule has 1 amide bonds. The molecule has 1 unspecified atom stereocenters. The molecule has 0 aromatic carbocycles. The van der Waals surface area contributed by atoms with E-state index < -0.39 is 0 Å². The maximum absolute atomic E-state index is 12.4. The van der Waals surface area contributed by atoms with E-state index in [1.165, 1.54) is 0 Å². The molecule has 0 aliphatic carbocycles. The van der Waals surface area contributed by atoms with E-state index in [-0.39, 0.29) is 12.0 Å². The first kappa shape index (κ1) is 14.9. The molecule has 0 spiro atoms. The first-order chi connectivity index (χ1) is 10.7. The fourth-order valence-corrected chi connectivity index (χ4v) is 2.59. The minimum atomic E-state index is -0.0948. The van der Waals surface area contributed by atoms with E-state index in [2.05, 4.69) is 30.9 Å². The summed E-state index contributed by atoms with van der Waals surface area (Å²) in [5.74, 6) is -0.0642. The Morgan fingerprint density at radius 2 is 2.09 bits per heavy atom. The van der Waals surface area contributed by atoms with Crippen LogP contribution in [0, 0.1) is 0 Å². The van der Waals surface area contributed by atoms with Crippen LogP contribution in [0.1, 0.15) is 23.3 Å². The van der Waals surface area contributed by atoms with Gasteiger partial charge in [0.15, 0.2) is 0 Å². The highest BCUT2D eigenvalue weighted by Crippen LogP contribution is 2.17. The van der Waals surface area contributed by atoms with Gasteiger partial charge in [0.2, 0.25) is 0 Å². The molecular formula is C15H15BrN4O2. The van der Waals surface area contributed by atoms with Crippen LogP contribution >= 0.6 is 15.9 Å². The number of rotatable bonds is 3. The van der Waals surface area contributed by atoms with Crippen LogP contribution in [-0.4, -0.2) is 45.0 Å². The lowest BCUT2D eigenvalue weighted by Crippen LogP contribution is -2.44. The maximum Gasteiger partial charge on any atom is 0.316 e. The second-order valence-corrected chi connectivity index (χ2v) is 5.95. The van der Waals surface area contributed by atoms with Gasteiger partial charge in [0.05, 0.1) is 11.0 Å². The van der Waals surface area contributed by atoms with Crippen molar-refractivity contribution in [1.29, 1.82) is 0 Å². The number of pyridine rings is 1. The highest BCUT2D eigenvalue weighted by atomic mass is 79.9. The van der Waals surface area contributed by atoms with Crippen LogP contribution in [0.2, 0.25) is 0 Å². The van der Waals surface area contributed by atoms with Gasteiger partial charge in [-0.05, 0) is 40.9 Å². The molecule has 22 heavy (non-hydrogen) atoms. The van der Waals surface area contributed by atoms with Crippen LogP contribution in [0.4, 0.5) is 0 Å². The lowest BCUT2D eigenvalue weighted by molar-refractivity contribution is 0.0510. The molecule has 2 aromatic rings. The molecule has 1 saturated heterocycles. The molecule has 1 aliphatic rings. The van der Waals surface area contributed by atoms with Crippen LogP contribution in [0.5, 0.6) is 6.01 Å². The van der Waals surface area contributed by atoms with Crippen molar-refractivity contribution in [2.24, 2.45) is 0 Å². The SMILES string of the molecule is O=C(c1ccccn1)N1CCCC(Oc2ncc(Br)cn2)C1. The van der Waals surface area contributed by atoms with Crippen molar-refractivity contribution in [3.05, 3.63) is 47.0 Å². The first-order valence-electron chi connectivity index (χ1n) is 7.07. The highest BCUT2D eigenvalue weighted by molar-refractivity contribution is 9.10. The third kappa shape index (κ3) is 3.59. The van der Waals surface area contributed by atoms with Crippen LogP contribution in [0.3, 0.4) is 0 Å². The highest BCUT2D eigenvalue weighted by Gasteiger charge is 2.26. The predicted molar refractivity (Wildman–Crippen MR) is 83.5 cm³/mol. The van der Waals surface area contributed by atoms with Crippen molar-refractivity contribution in [2.75, 3.05) is 13.1 Å². The fraction of sp³-hybridized carbons (Fsp3) is 0.333. The normalized spacial score (nSPS) is 18.0. The Morgan fingerprint density at radius 3 is 2.82 bits per heavy atom. The number of hydrogen-bond donors (Lipinski definition) is 0. The molecule has 114 valence electrons. The molecule has 2 aromatic heterocycles. The Bertz CT molecular complexity index is 636. The first-order valence-corrected chi connectivity index (χ1v) is 7.86. The Kier molecular flexibility index (Phi) is 4.62. The Labute approximate surface area is 136 Å². The van der Waals surface area contributed by atoms with E-state index in [0.29, 0.717) is 18.2 Å². The van der Waals surface area contributed by atoms with E-state index in [9.17, 15) is 4.79 Å². The second-order valence-electron chi connectivity index (χ2n) is 5.03. The van der Waals surface area contributed by atoms with E-state index in [0.717, 1.165) is 23.9 Å². The molecule has 1 atom stereocenters. The number of aromatic nitrogens is 3. The minimum absolute atomic E-state index is 0.0642. The zero-order valence-corrected chi connectivity index (χ0v) is 13.4. The monoisotopic (exact) mass is 362 g/mol. The van der Waals surface area contributed by atoms with Gasteiger partial charge in [-0.3, -0.25) is 9.78 Å². The second kappa shape index (κ2) is 6.83. The molecule has 1 aliphatic heterocycles. The number of nitrogens with zero attached hydrogens (tertiary/aromatic N) is 4. The van der Waals surface area contributed by atoms with E-state index in [4.69, 9.17) is 4.74 Å². The molecular weight excluding hydrogens is 348 g/mol. The minimum Gasteiger partial charge on any atom is -0.458 e. The summed E-state index contributed by atoms with van der Waals surface area (Å²) in [6.45, 7) is 1.24. The Balaban J connectivity index is 1.64. The quantitative estimate of drug-likeness (QED) is 0.837. The lowest BCUT2D eigenvalue weighted by Gasteiger charge is -2.32. The summed E-state index contributed by atoms with van der Waals surface area (Å²) in [5.41, 5.74) is 0.461. The topological polar surface area (TPSA) is 68.2 Å². The maximum atomic E-state index is 12.4. The van der Waals surface area contributed by atoms with Crippen LogP contribution < -0.4 is 4.74 Å². The summed E-state index contributed by atoms with van der Waals surface area (Å²) in [6.07, 6.45) is 6.58. The van der Waals surface area contributed by atoms with E-state index in [1.807, 2.05) is 6.07 Å². The van der Waals surface area contributed by atoms with Gasteiger partial charge in [0.25, 0.3) is 5.91 Å². The third-order valence-corrected chi connectivity index (χ3v) is 3.83. The summed E-state index contributed by atoms with van der Waals surface area (Å²) in [4.78, 5) is 26.5. The van der Waals surface area contributed by atoms with E-state index >= 15 is 0 Å². The van der Waals surface area contributed by atoms with Gasteiger partial charge in [0, 0.05) is 25.1 Å². The fourth-order valence-electron chi connectivity index (χ4n) is 2.38. The largest absolute Gasteiger partial charge is 0.458 e. The van der Waals surface area contributed by atoms with Crippen molar-refractivity contribution >= 4 is 21.8 Å². The number of piperidine rings is 1. The van der Waals surface area contributed by atoms with Crippen LogP contribution in [0.15, 0.2) is 41.3 Å². The van der Waals surface area contributed by atoms with Crippen molar-refractivity contribution in [1.82, 2.24) is 19.9 Å². The van der Waals surface area contributed by atoms with E-state index in [1.54, 1.807) is 35.6 Å². The van der Waals surface area contributed by atoms with Gasteiger partial charge in [-0.15, -0.1) is 0 Å². The van der Waals surface area contributed by atoms with Gasteiger partial charge in [-0.1, -0.05) is 6.07 Å². The zero-order chi connectivity index (χ0) is 15.4. The van der Waals surface area contributed by atoms with Crippen molar-refractivity contribution in [3.8, 4) is 6.01 Å². The van der Waals surface area contributed by atoms with Gasteiger partial charge >= 0.3 is 6.01 Å². The van der Waals surface area contributed by atoms with Crippen molar-refractivity contribution < 1.29 is 9.53 Å². The lowest BCUT2D eigenvalue weighted by atomic mass is 10.1. The van der Waals surface area contributed by atoms with Gasteiger partial charge < -0.3 is 9.64 Å². The molecule has 0 bridgehead atoms. The van der Waals surface area contributed by atoms with Gasteiger partial charge in [0.1, 0.15) is 11.8 Å². The van der Waals surface area contributed by atoms with Crippen molar-refractivity contribution in [3.63, 3.8) is 0 Å². The standard InChI is InChI=1S/C15H15BrN4O2/c16-11-8-18-15(19-9-11)22-12-4-3-7-20(10-12)14(21)13-5-1-2-6-17-13/h1-2,5-6,8-9,12H,3-4,7,10H2. The van der Waals surface area contributed by atoms with Crippen LogP contribution in [0.25, 0.3) is 0 Å². The number of amides is 1. The van der Waals surface area contributed by atoms with Crippen LogP contribution in [-0.2, 0) is 0 Å². The van der Waals surface area contributed by atoms with Gasteiger partial charge in [-0.25, -0.2) is 9.97 Å². The predicted octanol–water partition coefficient (Wildman–Crippen LogP) is 2.32. The summed E-state index contributed by atoms with van der Waals surface area (Å²) >= 11 is 3.28. The summed E-state index contributed by atoms with van der Waals surface area (Å²) in [5, 5.41) is 0. The average Bonchev–Trinajstić information content (AvgIpc) is 2.57. The molecule has 7 heteroatoms. The average molecular weight is 363 g/mol. The summed E-state index contributed by atoms with van der Waals surface area (Å²) < 4.78 is 6.57. The van der Waals surface area contributed by atoms with Crippen molar-refractivity contribution in [2.45, 2.75) is 18.9 Å². The molecule has 6 nitrogen and oxygen atoms in total. The number of halogens is 1. The Morgan fingerprint density at radius 1 is 1.27 bits per heavy atom. The molecule has 3 rings (SSSR count). The Hall–Kier alpha value is -2.02. The number of hydrogen-bond acceptors (Lipinski definition) is 5. The molecule has 0 N–H and O–H groups in total. The summed E-state index contributed by atoms with van der Waals surface area (Å²) in [7, 11) is 0. The molecule has 1 fully saturated rings. The third-order valence-electron chi connectivity index (χ3n) is 3.42. The zero-order valence-electron chi connectivity index (χ0n) is 11.9. The molecule has 0 radical (unpaired) electrons. The molecule has 3 heterocycles. The number of likely N-dealkylation sites (tertiary alicyclic amines) is 1. The number of ether oxygens (including phenoxy) is 1. The summed E-state index contributed by atoms with van der Waals surface area (Å²) in [6, 6.07) is 5.67.